The number of hydrogen-bond acceptors (Lipinski definition) is 3. The summed E-state index contributed by atoms with van der Waals surface area (Å²) in [6.07, 6.45) is 11.3. The van der Waals surface area contributed by atoms with E-state index in [2.05, 4.69) is 17.2 Å². The maximum atomic E-state index is 6.08. The molecule has 1 aliphatic heterocycles. The van der Waals surface area contributed by atoms with Crippen molar-refractivity contribution in [3.8, 4) is 0 Å². The van der Waals surface area contributed by atoms with Crippen LogP contribution in [0.4, 0.5) is 0 Å². The van der Waals surface area contributed by atoms with Crippen LogP contribution in [0.1, 0.15) is 37.9 Å². The Balaban J connectivity index is 0.00000196. The van der Waals surface area contributed by atoms with Crippen LogP contribution in [0.2, 0.25) is 0 Å². The lowest BCUT2D eigenvalue weighted by Gasteiger charge is -2.57. The quantitative estimate of drug-likeness (QED) is 0.289. The standard InChI is InChI=1S/C20H29N3O2.HI/c1-2-11-21-19(22-12-7-15-6-5-13-24-15)23-17-16-8-14-25-18(16)20(17)9-3-4-10-20;/h2,5-6,13,16-18H,1,3-4,7-12,14H2,(H2,21,22,23);1H. The highest BCUT2D eigenvalue weighted by Crippen LogP contribution is 2.60. The van der Waals surface area contributed by atoms with Gasteiger partial charge in [0.1, 0.15) is 5.76 Å². The molecule has 144 valence electrons. The molecule has 3 aliphatic rings. The van der Waals surface area contributed by atoms with Crippen molar-refractivity contribution in [3.05, 3.63) is 36.8 Å². The van der Waals surface area contributed by atoms with Crippen molar-refractivity contribution in [2.45, 2.75) is 50.7 Å². The second-order valence-electron chi connectivity index (χ2n) is 7.54. The fraction of sp³-hybridized carbons (Fsp3) is 0.650. The summed E-state index contributed by atoms with van der Waals surface area (Å²) >= 11 is 0. The second-order valence-corrected chi connectivity index (χ2v) is 7.54. The van der Waals surface area contributed by atoms with Crippen molar-refractivity contribution in [1.82, 2.24) is 10.6 Å². The first-order valence-corrected chi connectivity index (χ1v) is 9.63. The molecular formula is C20H30IN3O2. The third kappa shape index (κ3) is 3.67. The first kappa shape index (κ1) is 19.7. The minimum atomic E-state index is 0. The summed E-state index contributed by atoms with van der Waals surface area (Å²) in [7, 11) is 0. The molecule has 3 fully saturated rings. The van der Waals surface area contributed by atoms with E-state index in [1.54, 1.807) is 6.26 Å². The van der Waals surface area contributed by atoms with Crippen molar-refractivity contribution in [1.29, 1.82) is 0 Å². The zero-order valence-corrected chi connectivity index (χ0v) is 17.6. The highest BCUT2D eigenvalue weighted by Gasteiger charge is 2.65. The molecule has 1 aromatic rings. The van der Waals surface area contributed by atoms with Crippen molar-refractivity contribution >= 4 is 29.9 Å². The maximum Gasteiger partial charge on any atom is 0.191 e. The van der Waals surface area contributed by atoms with E-state index in [1.165, 1.54) is 32.1 Å². The molecule has 2 N–H and O–H groups in total. The van der Waals surface area contributed by atoms with E-state index in [9.17, 15) is 0 Å². The van der Waals surface area contributed by atoms with E-state index in [1.807, 2.05) is 18.2 Å². The average Bonchev–Trinajstić information content (AvgIpc) is 3.37. The summed E-state index contributed by atoms with van der Waals surface area (Å²) < 4.78 is 11.5. The van der Waals surface area contributed by atoms with Gasteiger partial charge in [-0.1, -0.05) is 18.9 Å². The zero-order valence-electron chi connectivity index (χ0n) is 15.3. The predicted molar refractivity (Wildman–Crippen MR) is 114 cm³/mol. The average molecular weight is 471 g/mol. The Labute approximate surface area is 173 Å². The maximum absolute atomic E-state index is 6.08. The van der Waals surface area contributed by atoms with Crippen LogP contribution < -0.4 is 10.6 Å². The van der Waals surface area contributed by atoms with Crippen LogP contribution in [0.25, 0.3) is 0 Å². The van der Waals surface area contributed by atoms with Gasteiger partial charge < -0.3 is 19.8 Å². The van der Waals surface area contributed by atoms with Gasteiger partial charge in [-0.15, -0.1) is 30.6 Å². The molecular weight excluding hydrogens is 441 g/mol. The first-order valence-electron chi connectivity index (χ1n) is 9.63. The number of nitrogens with zero attached hydrogens (tertiary/aromatic N) is 1. The highest BCUT2D eigenvalue weighted by molar-refractivity contribution is 14.0. The van der Waals surface area contributed by atoms with Gasteiger partial charge in [-0.3, -0.25) is 4.99 Å². The number of rotatable bonds is 6. The molecule has 3 unspecified atom stereocenters. The summed E-state index contributed by atoms with van der Waals surface area (Å²) in [5.74, 6) is 2.51. The van der Waals surface area contributed by atoms with Crippen molar-refractivity contribution < 1.29 is 9.15 Å². The number of ether oxygens (including phenoxy) is 1. The third-order valence-electron chi connectivity index (χ3n) is 6.20. The third-order valence-corrected chi connectivity index (χ3v) is 6.20. The number of hydrogen-bond donors (Lipinski definition) is 2. The SMILES string of the molecule is C=CCNC(=NCCc1ccco1)NC1C2CCOC2C12CCCC2.I. The molecule has 2 aliphatic carbocycles. The number of fused-ring (bicyclic) bond motifs is 2. The normalized spacial score (nSPS) is 28.9. The molecule has 1 aromatic heterocycles. The number of halogens is 1. The summed E-state index contributed by atoms with van der Waals surface area (Å²) in [6, 6.07) is 4.41. The Hall–Kier alpha value is -1.02. The molecule has 0 amide bonds. The molecule has 2 saturated carbocycles. The van der Waals surface area contributed by atoms with E-state index in [0.717, 1.165) is 31.3 Å². The van der Waals surface area contributed by atoms with Crippen LogP contribution in [0.5, 0.6) is 0 Å². The lowest BCUT2D eigenvalue weighted by atomic mass is 9.54. The molecule has 2 heterocycles. The summed E-state index contributed by atoms with van der Waals surface area (Å²) in [5.41, 5.74) is 0.332. The monoisotopic (exact) mass is 471 g/mol. The molecule has 0 aromatic carbocycles. The van der Waals surface area contributed by atoms with E-state index in [0.29, 0.717) is 30.0 Å². The molecule has 6 heteroatoms. The number of aliphatic imine (C=N–C) groups is 1. The van der Waals surface area contributed by atoms with Crippen LogP contribution in [0, 0.1) is 11.3 Å². The van der Waals surface area contributed by atoms with Crippen LogP contribution in [0.3, 0.4) is 0 Å². The van der Waals surface area contributed by atoms with Gasteiger partial charge >= 0.3 is 0 Å². The lowest BCUT2D eigenvalue weighted by Crippen LogP contribution is -2.69. The molecule has 1 spiro atoms. The van der Waals surface area contributed by atoms with E-state index < -0.39 is 0 Å². The molecule has 3 atom stereocenters. The Morgan fingerprint density at radius 2 is 2.23 bits per heavy atom. The van der Waals surface area contributed by atoms with Gasteiger partial charge in [0.15, 0.2) is 5.96 Å². The summed E-state index contributed by atoms with van der Waals surface area (Å²) in [6.45, 7) is 6.16. The topological polar surface area (TPSA) is 58.8 Å². The highest BCUT2D eigenvalue weighted by atomic mass is 127. The van der Waals surface area contributed by atoms with Crippen molar-refractivity contribution in [3.63, 3.8) is 0 Å². The first-order chi connectivity index (χ1) is 12.3. The number of furan rings is 1. The van der Waals surface area contributed by atoms with Gasteiger partial charge in [-0.2, -0.15) is 0 Å². The molecule has 26 heavy (non-hydrogen) atoms. The Morgan fingerprint density at radius 1 is 1.38 bits per heavy atom. The molecule has 0 bridgehead atoms. The van der Waals surface area contributed by atoms with Crippen LogP contribution in [-0.2, 0) is 11.2 Å². The zero-order chi connectivity index (χ0) is 17.1. The van der Waals surface area contributed by atoms with Gasteiger partial charge in [0.05, 0.1) is 12.4 Å². The molecule has 1 saturated heterocycles. The van der Waals surface area contributed by atoms with Gasteiger partial charge in [0, 0.05) is 43.5 Å². The van der Waals surface area contributed by atoms with E-state index >= 15 is 0 Å². The fourth-order valence-electron chi connectivity index (χ4n) is 5.11. The van der Waals surface area contributed by atoms with E-state index in [-0.39, 0.29) is 24.0 Å². The lowest BCUT2D eigenvalue weighted by molar-refractivity contribution is -0.125. The minimum Gasteiger partial charge on any atom is -0.469 e. The van der Waals surface area contributed by atoms with Crippen molar-refractivity contribution in [2.24, 2.45) is 16.3 Å². The smallest absolute Gasteiger partial charge is 0.191 e. The van der Waals surface area contributed by atoms with Gasteiger partial charge in [-0.25, -0.2) is 0 Å². The Kier molecular flexibility index (Phi) is 6.66. The Morgan fingerprint density at radius 3 is 2.96 bits per heavy atom. The fourth-order valence-corrected chi connectivity index (χ4v) is 5.11. The molecule has 5 nitrogen and oxygen atoms in total. The summed E-state index contributed by atoms with van der Waals surface area (Å²) in [4.78, 5) is 4.77. The predicted octanol–water partition coefficient (Wildman–Crippen LogP) is 3.51. The van der Waals surface area contributed by atoms with Crippen LogP contribution >= 0.6 is 24.0 Å². The largest absolute Gasteiger partial charge is 0.469 e. The van der Waals surface area contributed by atoms with E-state index in [4.69, 9.17) is 14.1 Å². The number of guanidine groups is 1. The Bertz CT molecular complexity index is 611. The number of nitrogens with one attached hydrogen (secondary N) is 2. The van der Waals surface area contributed by atoms with Crippen molar-refractivity contribution in [2.75, 3.05) is 19.7 Å². The second kappa shape index (κ2) is 8.78. The van der Waals surface area contributed by atoms with Gasteiger partial charge in [-0.05, 0) is 31.4 Å². The summed E-state index contributed by atoms with van der Waals surface area (Å²) in [5, 5.41) is 7.14. The van der Waals surface area contributed by atoms with Gasteiger partial charge in [0.25, 0.3) is 0 Å². The van der Waals surface area contributed by atoms with Gasteiger partial charge in [0.2, 0.25) is 0 Å². The minimum absolute atomic E-state index is 0. The van der Waals surface area contributed by atoms with Crippen LogP contribution in [-0.4, -0.2) is 37.8 Å². The molecule has 0 radical (unpaired) electrons. The molecule has 4 rings (SSSR count). The van der Waals surface area contributed by atoms with Crippen LogP contribution in [0.15, 0.2) is 40.5 Å².